The van der Waals surface area contributed by atoms with E-state index in [1.165, 1.54) is 11.3 Å². The Labute approximate surface area is 227 Å². The number of hydrogen-bond acceptors (Lipinski definition) is 8. The minimum Gasteiger partial charge on any atom is -0.370 e. The van der Waals surface area contributed by atoms with Crippen molar-refractivity contribution in [3.05, 3.63) is 51.3 Å². The number of rotatable bonds is 10. The highest BCUT2D eigenvalue weighted by Crippen LogP contribution is 2.34. The molecule has 1 aliphatic heterocycles. The molecule has 15 heteroatoms. The quantitative estimate of drug-likeness (QED) is 0.117. The van der Waals surface area contributed by atoms with E-state index in [0.29, 0.717) is 54.5 Å². The first-order valence-corrected chi connectivity index (χ1v) is 13.2. The average Bonchev–Trinajstić information content (AvgIpc) is 3.59. The van der Waals surface area contributed by atoms with Gasteiger partial charge >= 0.3 is 0 Å². The van der Waals surface area contributed by atoms with Crippen molar-refractivity contribution in [2.45, 2.75) is 43.8 Å². The van der Waals surface area contributed by atoms with Crippen molar-refractivity contribution >= 4 is 52.3 Å². The molecule has 4 heterocycles. The number of aromatic nitrogens is 3. The van der Waals surface area contributed by atoms with E-state index in [1.54, 1.807) is 39.2 Å². The van der Waals surface area contributed by atoms with Crippen LogP contribution in [-0.2, 0) is 4.79 Å². The second kappa shape index (κ2) is 11.8. The van der Waals surface area contributed by atoms with E-state index in [0.717, 1.165) is 0 Å². The molecule has 1 saturated heterocycles. The van der Waals surface area contributed by atoms with Gasteiger partial charge in [0.2, 0.25) is 5.91 Å². The molecule has 13 nitrogen and oxygen atoms in total. The lowest BCUT2D eigenvalue weighted by Gasteiger charge is -2.21. The number of pyridine rings is 1. The number of amides is 3. The number of guanidine groups is 1. The Morgan fingerprint density at radius 2 is 1.97 bits per heavy atom. The van der Waals surface area contributed by atoms with Crippen molar-refractivity contribution in [1.82, 2.24) is 29.9 Å². The van der Waals surface area contributed by atoms with Crippen molar-refractivity contribution in [2.75, 3.05) is 13.1 Å². The van der Waals surface area contributed by atoms with E-state index in [2.05, 4.69) is 20.6 Å². The van der Waals surface area contributed by atoms with E-state index < -0.39 is 23.9 Å². The third kappa shape index (κ3) is 6.38. The summed E-state index contributed by atoms with van der Waals surface area (Å²) in [6.07, 6.45) is 5.33. The van der Waals surface area contributed by atoms with Gasteiger partial charge in [-0.15, -0.1) is 11.3 Å². The van der Waals surface area contributed by atoms with E-state index >= 15 is 0 Å². The van der Waals surface area contributed by atoms with E-state index in [9.17, 15) is 14.4 Å². The SMILES string of the molecule is N=C(N)NCCCC[C@H](NC(=O)c1csc([C@@H]2C[C@@H](N)CN2C(=O)c2cn3cc(Cl)ccc3n2)n1)C(N)=O. The van der Waals surface area contributed by atoms with E-state index in [1.807, 2.05) is 0 Å². The number of halogens is 1. The monoisotopic (exact) mass is 560 g/mol. The van der Waals surface area contributed by atoms with Crippen LogP contribution in [0.5, 0.6) is 0 Å². The molecule has 3 amide bonds. The number of nitrogens with two attached hydrogens (primary N) is 3. The Balaban J connectivity index is 1.42. The van der Waals surface area contributed by atoms with Crippen LogP contribution >= 0.6 is 22.9 Å². The number of hydrogen-bond donors (Lipinski definition) is 6. The molecule has 202 valence electrons. The zero-order chi connectivity index (χ0) is 27.4. The number of imidazole rings is 1. The lowest BCUT2D eigenvalue weighted by molar-refractivity contribution is -0.120. The van der Waals surface area contributed by atoms with Gasteiger partial charge < -0.3 is 37.1 Å². The van der Waals surface area contributed by atoms with Gasteiger partial charge in [-0.1, -0.05) is 11.6 Å². The molecular formula is C23H29ClN10O3S. The van der Waals surface area contributed by atoms with Crippen molar-refractivity contribution in [1.29, 1.82) is 5.41 Å². The number of carbonyl (C=O) groups excluding carboxylic acids is 3. The van der Waals surface area contributed by atoms with Gasteiger partial charge in [-0.25, -0.2) is 9.97 Å². The first-order valence-electron chi connectivity index (χ1n) is 12.0. The number of carbonyl (C=O) groups is 3. The highest BCUT2D eigenvalue weighted by Gasteiger charge is 2.38. The zero-order valence-electron chi connectivity index (χ0n) is 20.4. The fourth-order valence-electron chi connectivity index (χ4n) is 4.30. The largest absolute Gasteiger partial charge is 0.370 e. The van der Waals surface area contributed by atoms with Gasteiger partial charge in [0.15, 0.2) is 5.96 Å². The smallest absolute Gasteiger partial charge is 0.274 e. The lowest BCUT2D eigenvalue weighted by Crippen LogP contribution is -2.44. The first kappa shape index (κ1) is 27.3. The molecule has 3 aromatic heterocycles. The summed E-state index contributed by atoms with van der Waals surface area (Å²) in [6.45, 7) is 0.799. The topological polar surface area (TPSA) is 211 Å². The molecular weight excluding hydrogens is 532 g/mol. The number of thiazole rings is 1. The van der Waals surface area contributed by atoms with Crippen LogP contribution in [0.4, 0.5) is 0 Å². The number of unbranched alkanes of at least 4 members (excludes halogenated alkanes) is 1. The maximum absolute atomic E-state index is 13.4. The standard InChI is InChI=1S/C23H29ClN10O3S/c24-12-4-5-18-30-15(10-33(18)8-12)22(37)34-9-13(25)7-17(34)21-32-16(11-38-21)20(36)31-14(19(26)35)3-1-2-6-29-23(27)28/h4-5,8,10-11,13-14,17H,1-3,6-7,9,25H2,(H2,26,35)(H,31,36)(H4,27,28,29)/t13-,14+,17+/m1/s1. The Morgan fingerprint density at radius 3 is 2.71 bits per heavy atom. The van der Waals surface area contributed by atoms with Crippen LogP contribution in [-0.4, -0.2) is 68.1 Å². The number of fused-ring (bicyclic) bond motifs is 1. The zero-order valence-corrected chi connectivity index (χ0v) is 22.0. The number of nitrogens with one attached hydrogen (secondary N) is 3. The summed E-state index contributed by atoms with van der Waals surface area (Å²) in [4.78, 5) is 48.6. The minimum atomic E-state index is -0.869. The predicted molar refractivity (Wildman–Crippen MR) is 143 cm³/mol. The lowest BCUT2D eigenvalue weighted by atomic mass is 10.1. The number of likely N-dealkylation sites (tertiary alicyclic amines) is 1. The maximum Gasteiger partial charge on any atom is 0.274 e. The van der Waals surface area contributed by atoms with Gasteiger partial charge in [-0.2, -0.15) is 0 Å². The number of primary amides is 1. The van der Waals surface area contributed by atoms with E-state index in [4.69, 9.17) is 34.2 Å². The summed E-state index contributed by atoms with van der Waals surface area (Å²) in [5, 5.41) is 15.1. The van der Waals surface area contributed by atoms with Crippen LogP contribution in [0.3, 0.4) is 0 Å². The molecule has 0 radical (unpaired) electrons. The van der Waals surface area contributed by atoms with Gasteiger partial charge in [0.05, 0.1) is 11.1 Å². The Hall–Kier alpha value is -3.75. The van der Waals surface area contributed by atoms with Crippen LogP contribution in [0, 0.1) is 5.41 Å². The third-order valence-electron chi connectivity index (χ3n) is 6.15. The second-order valence-corrected chi connectivity index (χ2v) is 10.4. The molecule has 0 aromatic carbocycles. The van der Waals surface area contributed by atoms with Gasteiger partial charge in [0.25, 0.3) is 11.8 Å². The van der Waals surface area contributed by atoms with Crippen LogP contribution < -0.4 is 27.8 Å². The van der Waals surface area contributed by atoms with Crippen molar-refractivity contribution < 1.29 is 14.4 Å². The molecule has 4 rings (SSSR count). The molecule has 1 aliphatic rings. The molecule has 0 bridgehead atoms. The summed E-state index contributed by atoms with van der Waals surface area (Å²) in [5.41, 5.74) is 17.9. The highest BCUT2D eigenvalue weighted by molar-refractivity contribution is 7.09. The summed E-state index contributed by atoms with van der Waals surface area (Å²) < 4.78 is 1.68. The van der Waals surface area contributed by atoms with Crippen LogP contribution in [0.25, 0.3) is 5.65 Å². The summed E-state index contributed by atoms with van der Waals surface area (Å²) >= 11 is 7.28. The Kier molecular flexibility index (Phi) is 8.44. The third-order valence-corrected chi connectivity index (χ3v) is 7.32. The van der Waals surface area contributed by atoms with Crippen molar-refractivity contribution in [2.24, 2.45) is 17.2 Å². The first-order chi connectivity index (χ1) is 18.1. The fourth-order valence-corrected chi connectivity index (χ4v) is 5.39. The molecule has 3 atom stereocenters. The van der Waals surface area contributed by atoms with Crippen molar-refractivity contribution in [3.8, 4) is 0 Å². The highest BCUT2D eigenvalue weighted by atomic mass is 35.5. The van der Waals surface area contributed by atoms with Crippen molar-refractivity contribution in [3.63, 3.8) is 0 Å². The summed E-state index contributed by atoms with van der Waals surface area (Å²) in [5.74, 6) is -1.61. The predicted octanol–water partition coefficient (Wildman–Crippen LogP) is 0.596. The number of nitrogens with zero attached hydrogens (tertiary/aromatic N) is 4. The molecule has 1 fully saturated rings. The molecule has 9 N–H and O–H groups in total. The van der Waals surface area contributed by atoms with Gasteiger partial charge in [0, 0.05) is 36.9 Å². The summed E-state index contributed by atoms with van der Waals surface area (Å²) in [7, 11) is 0. The average molecular weight is 561 g/mol. The molecule has 0 saturated carbocycles. The fraction of sp³-hybridized carbons (Fsp3) is 0.391. The van der Waals surface area contributed by atoms with Gasteiger partial charge in [0.1, 0.15) is 28.1 Å². The Bertz CT molecular complexity index is 1360. The van der Waals surface area contributed by atoms with Crippen LogP contribution in [0.1, 0.15) is 57.7 Å². The molecule has 0 spiro atoms. The van der Waals surface area contributed by atoms with Gasteiger partial charge in [-0.05, 0) is 37.8 Å². The molecule has 0 aliphatic carbocycles. The van der Waals surface area contributed by atoms with E-state index in [-0.39, 0.29) is 29.3 Å². The molecule has 0 unspecified atom stereocenters. The van der Waals surface area contributed by atoms with Crippen LogP contribution in [0.15, 0.2) is 29.9 Å². The molecule has 3 aromatic rings. The second-order valence-electron chi connectivity index (χ2n) is 9.04. The Morgan fingerprint density at radius 1 is 1.18 bits per heavy atom. The maximum atomic E-state index is 13.4. The molecule has 38 heavy (non-hydrogen) atoms. The minimum absolute atomic E-state index is 0.129. The van der Waals surface area contributed by atoms with Gasteiger partial charge in [-0.3, -0.25) is 19.8 Å². The van der Waals surface area contributed by atoms with Crippen LogP contribution in [0.2, 0.25) is 5.02 Å². The summed E-state index contributed by atoms with van der Waals surface area (Å²) in [6, 6.07) is 1.88. The normalized spacial score (nSPS) is 17.9.